The quantitative estimate of drug-likeness (QED) is 0.764. The fraction of sp³-hybridized carbons (Fsp3) is 0.500. The van der Waals surface area contributed by atoms with Gasteiger partial charge in [-0.15, -0.1) is 11.3 Å². The van der Waals surface area contributed by atoms with E-state index in [1.807, 2.05) is 6.92 Å². The van der Waals surface area contributed by atoms with Gasteiger partial charge in [-0.25, -0.2) is 9.78 Å². The lowest BCUT2D eigenvalue weighted by Gasteiger charge is -2.13. The minimum atomic E-state index is -1.54. The van der Waals surface area contributed by atoms with Crippen LogP contribution in [0.4, 0.5) is 0 Å². The minimum absolute atomic E-state index is 0.265. The molecule has 0 aliphatic heterocycles. The van der Waals surface area contributed by atoms with E-state index in [1.54, 1.807) is 0 Å². The lowest BCUT2D eigenvalue weighted by molar-refractivity contribution is 0.0692. The third-order valence-corrected chi connectivity index (χ3v) is 6.14. The van der Waals surface area contributed by atoms with E-state index < -0.39 is 14.0 Å². The Morgan fingerprint density at radius 3 is 2.31 bits per heavy atom. The van der Waals surface area contributed by atoms with Crippen LogP contribution in [0.2, 0.25) is 19.6 Å². The number of rotatable bonds is 2. The topological polar surface area (TPSA) is 50.2 Å². The number of aryl methyl sites for hydroxylation is 1. The van der Waals surface area contributed by atoms with Gasteiger partial charge in [0.05, 0.1) is 13.1 Å². The molecule has 1 rings (SSSR count). The number of aromatic carboxylic acids is 1. The van der Waals surface area contributed by atoms with Gasteiger partial charge in [0.15, 0.2) is 5.69 Å². The van der Waals surface area contributed by atoms with Crippen molar-refractivity contribution in [3.05, 3.63) is 10.7 Å². The number of hydrogen-bond donors (Lipinski definition) is 1. The molecule has 0 aromatic carbocycles. The van der Waals surface area contributed by atoms with Gasteiger partial charge >= 0.3 is 5.97 Å². The van der Waals surface area contributed by atoms with Gasteiger partial charge in [-0.1, -0.05) is 19.6 Å². The largest absolute Gasteiger partial charge is 0.476 e. The van der Waals surface area contributed by atoms with Gasteiger partial charge in [0.25, 0.3) is 0 Å². The average Bonchev–Trinajstić information content (AvgIpc) is 2.29. The summed E-state index contributed by atoms with van der Waals surface area (Å²) < 4.78 is 0.984. The summed E-state index contributed by atoms with van der Waals surface area (Å²) in [4.78, 5) is 14.9. The highest BCUT2D eigenvalue weighted by molar-refractivity contribution is 7.26. The molecule has 0 radical (unpaired) electrons. The van der Waals surface area contributed by atoms with Gasteiger partial charge in [-0.3, -0.25) is 0 Å². The summed E-state index contributed by atoms with van der Waals surface area (Å²) in [7, 11) is -1.54. The normalized spacial score (nSPS) is 11.7. The second-order valence-electron chi connectivity index (χ2n) is 3.97. The summed E-state index contributed by atoms with van der Waals surface area (Å²) in [5.41, 5.74) is 0.265. The van der Waals surface area contributed by atoms with Crippen molar-refractivity contribution in [2.45, 2.75) is 26.6 Å². The van der Waals surface area contributed by atoms with Crippen molar-refractivity contribution in [3.63, 3.8) is 0 Å². The zero-order chi connectivity index (χ0) is 10.2. The van der Waals surface area contributed by atoms with Crippen LogP contribution in [0.5, 0.6) is 0 Å². The molecule has 0 aliphatic carbocycles. The van der Waals surface area contributed by atoms with Crippen molar-refractivity contribution in [1.82, 2.24) is 4.98 Å². The third-order valence-electron chi connectivity index (χ3n) is 1.62. The average molecular weight is 215 g/mol. The molecule has 1 heterocycles. The lowest BCUT2D eigenvalue weighted by Crippen LogP contribution is -2.38. The molecule has 3 nitrogen and oxygen atoms in total. The number of carbonyl (C=O) groups is 1. The molecule has 0 aliphatic rings. The van der Waals surface area contributed by atoms with E-state index in [0.29, 0.717) is 0 Å². The highest BCUT2D eigenvalue weighted by Crippen LogP contribution is 2.13. The van der Waals surface area contributed by atoms with E-state index in [9.17, 15) is 4.79 Å². The van der Waals surface area contributed by atoms with E-state index in [-0.39, 0.29) is 5.69 Å². The van der Waals surface area contributed by atoms with Gasteiger partial charge < -0.3 is 5.11 Å². The lowest BCUT2D eigenvalue weighted by atomic mass is 10.5. The highest BCUT2D eigenvalue weighted by Gasteiger charge is 2.27. The molecular weight excluding hydrogens is 202 g/mol. The fourth-order valence-corrected chi connectivity index (χ4v) is 4.28. The predicted octanol–water partition coefficient (Wildman–Crippen LogP) is 1.69. The van der Waals surface area contributed by atoms with Crippen LogP contribution in [0.25, 0.3) is 0 Å². The second kappa shape index (κ2) is 3.23. The van der Waals surface area contributed by atoms with Gasteiger partial charge in [0, 0.05) is 4.50 Å². The Morgan fingerprint density at radius 1 is 1.46 bits per heavy atom. The summed E-state index contributed by atoms with van der Waals surface area (Å²) in [6.45, 7) is 8.24. The zero-order valence-corrected chi connectivity index (χ0v) is 10.0. The number of hydrogen-bond acceptors (Lipinski definition) is 3. The molecule has 0 atom stereocenters. The van der Waals surface area contributed by atoms with Crippen LogP contribution in [0, 0.1) is 6.92 Å². The second-order valence-corrected chi connectivity index (χ2v) is 10.5. The molecule has 1 N–H and O–H groups in total. The van der Waals surface area contributed by atoms with Crippen LogP contribution < -0.4 is 4.50 Å². The van der Waals surface area contributed by atoms with Gasteiger partial charge in [0.1, 0.15) is 0 Å². The Balaban J connectivity index is 3.28. The van der Waals surface area contributed by atoms with Crippen LogP contribution in [-0.2, 0) is 0 Å². The van der Waals surface area contributed by atoms with Crippen LogP contribution in [-0.4, -0.2) is 24.1 Å². The molecule has 0 saturated heterocycles. The van der Waals surface area contributed by atoms with Crippen LogP contribution in [0.1, 0.15) is 15.5 Å². The molecule has 0 spiro atoms. The Bertz CT molecular complexity index is 340. The first-order valence-electron chi connectivity index (χ1n) is 4.03. The standard InChI is InChI=1S/C8H13NO2SSi/c1-5-9-6(7(10)11)8(12-5)13(2,3)4/h1-4H3,(H,10,11). The van der Waals surface area contributed by atoms with Crippen molar-refractivity contribution in [1.29, 1.82) is 0 Å². The van der Waals surface area contributed by atoms with Gasteiger partial charge in [0.2, 0.25) is 0 Å². The van der Waals surface area contributed by atoms with Crippen LogP contribution >= 0.6 is 11.3 Å². The molecule has 5 heteroatoms. The maximum atomic E-state index is 10.8. The van der Waals surface area contributed by atoms with Crippen molar-refractivity contribution in [2.24, 2.45) is 0 Å². The summed E-state index contributed by atoms with van der Waals surface area (Å²) in [6.07, 6.45) is 0. The first-order valence-corrected chi connectivity index (χ1v) is 8.35. The Labute approximate surface area is 82.5 Å². The van der Waals surface area contributed by atoms with Crippen molar-refractivity contribution in [3.8, 4) is 0 Å². The molecule has 13 heavy (non-hydrogen) atoms. The Kier molecular flexibility index (Phi) is 2.58. The molecule has 0 fully saturated rings. The molecular formula is C8H13NO2SSi. The van der Waals surface area contributed by atoms with E-state index in [1.165, 1.54) is 11.3 Å². The molecule has 0 bridgehead atoms. The van der Waals surface area contributed by atoms with E-state index in [2.05, 4.69) is 24.6 Å². The van der Waals surface area contributed by atoms with Crippen molar-refractivity contribution in [2.75, 3.05) is 0 Å². The van der Waals surface area contributed by atoms with Gasteiger partial charge in [-0.2, -0.15) is 0 Å². The summed E-state index contributed by atoms with van der Waals surface area (Å²) in [5.74, 6) is -0.901. The molecule has 0 unspecified atom stereocenters. The highest BCUT2D eigenvalue weighted by atomic mass is 32.1. The minimum Gasteiger partial charge on any atom is -0.476 e. The van der Waals surface area contributed by atoms with Crippen LogP contribution in [0.3, 0.4) is 0 Å². The predicted molar refractivity (Wildman–Crippen MR) is 56.8 cm³/mol. The maximum absolute atomic E-state index is 10.8. The monoisotopic (exact) mass is 215 g/mol. The number of carboxylic acids is 1. The Morgan fingerprint density at radius 2 is 2.00 bits per heavy atom. The summed E-state index contributed by atoms with van der Waals surface area (Å²) in [5, 5.41) is 9.75. The molecule has 1 aromatic rings. The van der Waals surface area contributed by atoms with Crippen LogP contribution in [0.15, 0.2) is 0 Å². The fourth-order valence-electron chi connectivity index (χ4n) is 1.08. The summed E-state index contributed by atoms with van der Waals surface area (Å²) >= 11 is 1.52. The number of thiazole rings is 1. The number of carboxylic acid groups (broad SMARTS) is 1. The molecule has 0 amide bonds. The van der Waals surface area contributed by atoms with E-state index in [4.69, 9.17) is 5.11 Å². The van der Waals surface area contributed by atoms with E-state index >= 15 is 0 Å². The maximum Gasteiger partial charge on any atom is 0.355 e. The number of aromatic nitrogens is 1. The SMILES string of the molecule is Cc1nc(C(=O)O)c([Si](C)(C)C)s1. The molecule has 72 valence electrons. The Hall–Kier alpha value is -0.683. The van der Waals surface area contributed by atoms with Crippen molar-refractivity contribution < 1.29 is 9.90 Å². The molecule has 1 aromatic heterocycles. The first-order chi connectivity index (χ1) is 5.82. The third kappa shape index (κ3) is 2.16. The number of nitrogens with zero attached hydrogens (tertiary/aromatic N) is 1. The molecule has 0 saturated carbocycles. The van der Waals surface area contributed by atoms with E-state index in [0.717, 1.165) is 9.51 Å². The van der Waals surface area contributed by atoms with Gasteiger partial charge in [-0.05, 0) is 6.92 Å². The first kappa shape index (κ1) is 10.4. The zero-order valence-electron chi connectivity index (χ0n) is 8.21. The van der Waals surface area contributed by atoms with Crippen molar-refractivity contribution >= 4 is 29.9 Å². The summed E-state index contributed by atoms with van der Waals surface area (Å²) in [6, 6.07) is 0. The smallest absolute Gasteiger partial charge is 0.355 e.